The van der Waals surface area contributed by atoms with Crippen LogP contribution in [0.5, 0.6) is 0 Å². The van der Waals surface area contributed by atoms with Crippen LogP contribution in [-0.4, -0.2) is 22.6 Å². The standard InChI is InChI=1S/C15H17ClN2O3/c1-21-14(19)9-5-7-10(8-6-9)18-12-4-2-3-11(16)13(12)17-15(18)20/h2-4,9-10H,5-8H2,1H3,(H,17,20)/t9-,10+. The number of rotatable bonds is 2. The number of H-pyrrole nitrogens is 1. The van der Waals surface area contributed by atoms with E-state index >= 15 is 0 Å². The number of aromatic amines is 1. The summed E-state index contributed by atoms with van der Waals surface area (Å²) in [5.74, 6) is -0.196. The van der Waals surface area contributed by atoms with Gasteiger partial charge >= 0.3 is 11.7 Å². The molecule has 0 saturated heterocycles. The molecule has 21 heavy (non-hydrogen) atoms. The van der Waals surface area contributed by atoms with Crippen molar-refractivity contribution in [2.45, 2.75) is 31.7 Å². The number of nitrogens with zero attached hydrogens (tertiary/aromatic N) is 1. The van der Waals surface area contributed by atoms with Crippen molar-refractivity contribution >= 4 is 28.6 Å². The number of esters is 1. The summed E-state index contributed by atoms with van der Waals surface area (Å²) in [4.78, 5) is 26.6. The molecule has 0 aliphatic heterocycles. The predicted molar refractivity (Wildman–Crippen MR) is 80.6 cm³/mol. The minimum atomic E-state index is -0.150. The second kappa shape index (κ2) is 5.56. The monoisotopic (exact) mass is 308 g/mol. The first-order valence-electron chi connectivity index (χ1n) is 7.08. The van der Waals surface area contributed by atoms with Crippen LogP contribution in [0.2, 0.25) is 5.02 Å². The highest BCUT2D eigenvalue weighted by molar-refractivity contribution is 6.34. The maximum atomic E-state index is 12.2. The number of ether oxygens (including phenoxy) is 1. The number of aromatic nitrogens is 2. The van der Waals surface area contributed by atoms with Crippen molar-refractivity contribution in [1.82, 2.24) is 9.55 Å². The van der Waals surface area contributed by atoms with Gasteiger partial charge in [0.2, 0.25) is 0 Å². The van der Waals surface area contributed by atoms with E-state index in [1.807, 2.05) is 12.1 Å². The number of nitrogens with one attached hydrogen (secondary N) is 1. The summed E-state index contributed by atoms with van der Waals surface area (Å²) in [6, 6.07) is 5.60. The maximum absolute atomic E-state index is 12.2. The van der Waals surface area contributed by atoms with Gasteiger partial charge in [-0.25, -0.2) is 4.79 Å². The van der Waals surface area contributed by atoms with Gasteiger partial charge in [-0.2, -0.15) is 0 Å². The minimum absolute atomic E-state index is 0.0456. The van der Waals surface area contributed by atoms with Gasteiger partial charge in [-0.1, -0.05) is 17.7 Å². The van der Waals surface area contributed by atoms with Gasteiger partial charge in [-0.15, -0.1) is 0 Å². The van der Waals surface area contributed by atoms with Gasteiger partial charge in [-0.3, -0.25) is 9.36 Å². The number of methoxy groups -OCH3 is 1. The molecule has 1 fully saturated rings. The molecule has 1 heterocycles. The molecule has 0 spiro atoms. The number of imidazole rings is 1. The molecule has 2 aromatic rings. The van der Waals surface area contributed by atoms with Crippen LogP contribution < -0.4 is 5.69 Å². The molecule has 112 valence electrons. The van der Waals surface area contributed by atoms with Crippen LogP contribution in [-0.2, 0) is 9.53 Å². The van der Waals surface area contributed by atoms with Gasteiger partial charge in [0.25, 0.3) is 0 Å². The summed E-state index contributed by atoms with van der Waals surface area (Å²) in [5, 5.41) is 0.548. The van der Waals surface area contributed by atoms with Crippen LogP contribution in [0.3, 0.4) is 0 Å². The van der Waals surface area contributed by atoms with Crippen molar-refractivity contribution in [3.63, 3.8) is 0 Å². The Hall–Kier alpha value is -1.75. The number of carbonyl (C=O) groups is 1. The number of benzene rings is 1. The van der Waals surface area contributed by atoms with E-state index in [9.17, 15) is 9.59 Å². The third-order valence-electron chi connectivity index (χ3n) is 4.30. The predicted octanol–water partition coefficient (Wildman–Crippen LogP) is 2.89. The Kier molecular flexibility index (Phi) is 3.76. The normalized spacial score (nSPS) is 22.4. The molecule has 0 atom stereocenters. The van der Waals surface area contributed by atoms with E-state index in [4.69, 9.17) is 16.3 Å². The number of carbonyl (C=O) groups excluding carboxylic acids is 1. The number of fused-ring (bicyclic) bond motifs is 1. The lowest BCUT2D eigenvalue weighted by Crippen LogP contribution is -2.29. The van der Waals surface area contributed by atoms with Crippen LogP contribution in [0, 0.1) is 5.92 Å². The van der Waals surface area contributed by atoms with Crippen LogP contribution in [0.25, 0.3) is 11.0 Å². The lowest BCUT2D eigenvalue weighted by molar-refractivity contribution is -0.146. The average Bonchev–Trinajstić information content (AvgIpc) is 2.84. The zero-order chi connectivity index (χ0) is 15.0. The summed E-state index contributed by atoms with van der Waals surface area (Å²) in [5.41, 5.74) is 1.37. The molecule has 6 heteroatoms. The molecular weight excluding hydrogens is 292 g/mol. The molecule has 1 saturated carbocycles. The fourth-order valence-electron chi connectivity index (χ4n) is 3.21. The molecule has 1 N–H and O–H groups in total. The van der Waals surface area contributed by atoms with E-state index in [0.29, 0.717) is 10.5 Å². The Morgan fingerprint density at radius 2 is 2.05 bits per heavy atom. The average molecular weight is 309 g/mol. The van der Waals surface area contributed by atoms with Crippen molar-refractivity contribution in [2.75, 3.05) is 7.11 Å². The molecule has 5 nitrogen and oxygen atoms in total. The van der Waals surface area contributed by atoms with Gasteiger partial charge in [0.05, 0.1) is 29.1 Å². The lowest BCUT2D eigenvalue weighted by Gasteiger charge is -2.27. The minimum Gasteiger partial charge on any atom is -0.469 e. The summed E-state index contributed by atoms with van der Waals surface area (Å²) >= 11 is 6.12. The molecule has 1 aromatic carbocycles. The Labute approximate surface area is 126 Å². The largest absolute Gasteiger partial charge is 0.469 e. The van der Waals surface area contributed by atoms with E-state index in [-0.39, 0.29) is 23.6 Å². The Bertz CT molecular complexity index is 726. The molecule has 1 aromatic heterocycles. The first kappa shape index (κ1) is 14.2. The van der Waals surface area contributed by atoms with Crippen LogP contribution in [0.4, 0.5) is 0 Å². The van der Waals surface area contributed by atoms with Crippen LogP contribution >= 0.6 is 11.6 Å². The second-order valence-corrected chi connectivity index (χ2v) is 5.87. The SMILES string of the molecule is COC(=O)[C@H]1CC[C@@H](n2c(=O)[nH]c3c(Cl)cccc32)CC1. The van der Waals surface area contributed by atoms with Gasteiger partial charge in [-0.05, 0) is 37.8 Å². The van der Waals surface area contributed by atoms with Crippen molar-refractivity contribution in [1.29, 1.82) is 0 Å². The molecule has 0 bridgehead atoms. The summed E-state index contributed by atoms with van der Waals surface area (Å²) < 4.78 is 6.57. The highest BCUT2D eigenvalue weighted by Crippen LogP contribution is 2.34. The Morgan fingerprint density at radius 1 is 1.33 bits per heavy atom. The molecule has 0 radical (unpaired) electrons. The van der Waals surface area contributed by atoms with Crippen molar-refractivity contribution in [2.24, 2.45) is 5.92 Å². The highest BCUT2D eigenvalue weighted by atomic mass is 35.5. The maximum Gasteiger partial charge on any atom is 0.326 e. The van der Waals surface area contributed by atoms with Gasteiger partial charge < -0.3 is 9.72 Å². The molecule has 0 unspecified atom stereocenters. The fraction of sp³-hybridized carbons (Fsp3) is 0.467. The van der Waals surface area contributed by atoms with E-state index in [1.54, 1.807) is 10.6 Å². The van der Waals surface area contributed by atoms with E-state index in [0.717, 1.165) is 31.2 Å². The van der Waals surface area contributed by atoms with E-state index in [1.165, 1.54) is 7.11 Å². The van der Waals surface area contributed by atoms with E-state index < -0.39 is 0 Å². The third-order valence-corrected chi connectivity index (χ3v) is 4.61. The number of hydrogen-bond acceptors (Lipinski definition) is 3. The van der Waals surface area contributed by atoms with Gasteiger partial charge in [0.1, 0.15) is 0 Å². The summed E-state index contributed by atoms with van der Waals surface area (Å²) in [7, 11) is 1.42. The molecule has 1 aliphatic rings. The number of para-hydroxylation sites is 1. The van der Waals surface area contributed by atoms with E-state index in [2.05, 4.69) is 4.98 Å². The molecular formula is C15H17ClN2O3. The quantitative estimate of drug-likeness (QED) is 0.868. The third kappa shape index (κ3) is 2.46. The van der Waals surface area contributed by atoms with Crippen molar-refractivity contribution in [3.05, 3.63) is 33.7 Å². The zero-order valence-corrected chi connectivity index (χ0v) is 12.5. The fourth-order valence-corrected chi connectivity index (χ4v) is 3.43. The first-order chi connectivity index (χ1) is 10.1. The number of halogens is 1. The molecule has 1 aliphatic carbocycles. The highest BCUT2D eigenvalue weighted by Gasteiger charge is 2.29. The van der Waals surface area contributed by atoms with Crippen molar-refractivity contribution in [3.8, 4) is 0 Å². The van der Waals surface area contributed by atoms with Crippen LogP contribution in [0.15, 0.2) is 23.0 Å². The number of hydrogen-bond donors (Lipinski definition) is 1. The lowest BCUT2D eigenvalue weighted by atomic mass is 9.86. The molecule has 3 rings (SSSR count). The van der Waals surface area contributed by atoms with Gasteiger partial charge in [0, 0.05) is 6.04 Å². The Morgan fingerprint density at radius 3 is 2.71 bits per heavy atom. The van der Waals surface area contributed by atoms with Crippen molar-refractivity contribution < 1.29 is 9.53 Å². The summed E-state index contributed by atoms with van der Waals surface area (Å²) in [6.45, 7) is 0. The zero-order valence-electron chi connectivity index (χ0n) is 11.8. The van der Waals surface area contributed by atoms with Crippen LogP contribution in [0.1, 0.15) is 31.7 Å². The first-order valence-corrected chi connectivity index (χ1v) is 7.46. The second-order valence-electron chi connectivity index (χ2n) is 5.46. The molecule has 0 amide bonds. The topological polar surface area (TPSA) is 64.1 Å². The van der Waals surface area contributed by atoms with Gasteiger partial charge in [0.15, 0.2) is 0 Å². The summed E-state index contributed by atoms with van der Waals surface area (Å²) in [6.07, 6.45) is 3.08. The smallest absolute Gasteiger partial charge is 0.326 e. The Balaban J connectivity index is 1.89.